The fraction of sp³-hybridized carbons (Fsp3) is 0.286. The zero-order valence-corrected chi connectivity index (χ0v) is 15.8. The number of ether oxygens (including phenoxy) is 1. The predicted molar refractivity (Wildman–Crippen MR) is 104 cm³/mol. The van der Waals surface area contributed by atoms with E-state index in [0.29, 0.717) is 17.5 Å². The van der Waals surface area contributed by atoms with E-state index in [1.807, 2.05) is 37.3 Å². The molecule has 0 amide bonds. The Morgan fingerprint density at radius 3 is 2.65 bits per heavy atom. The molecule has 0 bridgehead atoms. The third-order valence-corrected chi connectivity index (χ3v) is 4.83. The minimum Gasteiger partial charge on any atom is -0.481 e. The minimum atomic E-state index is -0.732. The summed E-state index contributed by atoms with van der Waals surface area (Å²) in [4.78, 5) is 8.95. The number of benzene rings is 1. The molecular weight excluding hydrogens is 346 g/mol. The zero-order valence-electron chi connectivity index (χ0n) is 15.1. The highest BCUT2D eigenvalue weighted by molar-refractivity contribution is 6.29. The lowest BCUT2D eigenvalue weighted by molar-refractivity contribution is 0.395. The van der Waals surface area contributed by atoms with Crippen LogP contribution in [0.1, 0.15) is 30.7 Å². The second-order valence-electron chi connectivity index (χ2n) is 6.49. The van der Waals surface area contributed by atoms with Gasteiger partial charge >= 0.3 is 0 Å². The lowest BCUT2D eigenvalue weighted by atomic mass is 9.79. The molecule has 4 nitrogen and oxygen atoms in total. The predicted octanol–water partition coefficient (Wildman–Crippen LogP) is 4.88. The number of aromatic nitrogens is 2. The van der Waals surface area contributed by atoms with Crippen LogP contribution in [0.4, 0.5) is 0 Å². The first kappa shape index (κ1) is 18.2. The van der Waals surface area contributed by atoms with Gasteiger partial charge in [-0.05, 0) is 43.2 Å². The number of methoxy groups -OCH3 is 1. The molecule has 3 rings (SSSR count). The Labute approximate surface area is 158 Å². The molecule has 2 aromatic heterocycles. The van der Waals surface area contributed by atoms with Crippen LogP contribution in [0.15, 0.2) is 42.5 Å². The highest BCUT2D eigenvalue weighted by Crippen LogP contribution is 2.31. The van der Waals surface area contributed by atoms with Crippen molar-refractivity contribution in [3.05, 3.63) is 64.4 Å². The highest BCUT2D eigenvalue weighted by atomic mass is 35.5. The van der Waals surface area contributed by atoms with Crippen molar-refractivity contribution in [1.29, 1.82) is 5.26 Å². The van der Waals surface area contributed by atoms with Crippen molar-refractivity contribution < 1.29 is 4.74 Å². The number of nitriles is 1. The molecule has 0 spiro atoms. The molecular formula is C21H20ClN3O. The number of hydrogen-bond acceptors (Lipinski definition) is 4. The number of fused-ring (bicyclic) bond motifs is 1. The Balaban J connectivity index is 2.05. The summed E-state index contributed by atoms with van der Waals surface area (Å²) in [5.41, 5.74) is 2.84. The number of aryl methyl sites for hydroxylation is 1. The first-order valence-electron chi connectivity index (χ1n) is 8.50. The number of rotatable bonds is 5. The molecule has 0 fully saturated rings. The molecule has 0 saturated carbocycles. The average molecular weight is 366 g/mol. The minimum absolute atomic E-state index is 0.430. The fourth-order valence-electron chi connectivity index (χ4n) is 3.08. The molecule has 5 heteroatoms. The van der Waals surface area contributed by atoms with E-state index in [4.69, 9.17) is 16.3 Å². The van der Waals surface area contributed by atoms with Gasteiger partial charge in [-0.1, -0.05) is 36.7 Å². The van der Waals surface area contributed by atoms with Crippen molar-refractivity contribution >= 4 is 22.5 Å². The summed E-state index contributed by atoms with van der Waals surface area (Å²) in [6, 6.07) is 16.0. The van der Waals surface area contributed by atoms with Gasteiger partial charge in [0.25, 0.3) is 0 Å². The van der Waals surface area contributed by atoms with Crippen molar-refractivity contribution in [2.75, 3.05) is 7.11 Å². The summed E-state index contributed by atoms with van der Waals surface area (Å²) < 4.78 is 5.40. The van der Waals surface area contributed by atoms with E-state index in [1.54, 1.807) is 13.2 Å². The topological polar surface area (TPSA) is 58.8 Å². The summed E-state index contributed by atoms with van der Waals surface area (Å²) in [5, 5.41) is 11.3. The van der Waals surface area contributed by atoms with Gasteiger partial charge in [0.15, 0.2) is 0 Å². The maximum absolute atomic E-state index is 9.87. The first-order chi connectivity index (χ1) is 12.5. The maximum atomic E-state index is 9.87. The van der Waals surface area contributed by atoms with Gasteiger partial charge in [-0.15, -0.1) is 0 Å². The van der Waals surface area contributed by atoms with Crippen LogP contribution in [0.25, 0.3) is 10.9 Å². The smallest absolute Gasteiger partial charge is 0.216 e. The van der Waals surface area contributed by atoms with E-state index in [0.717, 1.165) is 34.1 Å². The third kappa shape index (κ3) is 3.49. The monoisotopic (exact) mass is 365 g/mol. The molecule has 3 aromatic rings. The van der Waals surface area contributed by atoms with E-state index in [-0.39, 0.29) is 0 Å². The summed E-state index contributed by atoms with van der Waals surface area (Å²) in [6.07, 6.45) is 1.32. The van der Waals surface area contributed by atoms with Crippen LogP contribution in [0, 0.1) is 11.3 Å². The molecule has 0 aliphatic rings. The zero-order chi connectivity index (χ0) is 18.7. The summed E-state index contributed by atoms with van der Waals surface area (Å²) in [5.74, 6) is 0.632. The Kier molecular flexibility index (Phi) is 5.11. The van der Waals surface area contributed by atoms with E-state index < -0.39 is 5.41 Å². The standard InChI is InChI=1S/C21H20ClN3O/c1-4-14-10-15-8-9-16(11-18(15)25-20(14)26-3)21(2,13-23)12-17-6-5-7-19(22)24-17/h5-11H,4,12H2,1-3H3. The first-order valence-corrected chi connectivity index (χ1v) is 8.87. The van der Waals surface area contributed by atoms with Gasteiger partial charge in [0.1, 0.15) is 5.15 Å². The van der Waals surface area contributed by atoms with Crippen molar-refractivity contribution in [3.63, 3.8) is 0 Å². The Bertz CT molecular complexity index is 996. The Morgan fingerprint density at radius 1 is 1.19 bits per heavy atom. The molecule has 0 aliphatic heterocycles. The number of pyridine rings is 2. The molecule has 1 unspecified atom stereocenters. The molecule has 26 heavy (non-hydrogen) atoms. The van der Waals surface area contributed by atoms with Crippen LogP contribution in [0.3, 0.4) is 0 Å². The molecule has 2 heterocycles. The van der Waals surface area contributed by atoms with Crippen molar-refractivity contribution in [2.45, 2.75) is 32.1 Å². The lowest BCUT2D eigenvalue weighted by Gasteiger charge is -2.22. The maximum Gasteiger partial charge on any atom is 0.216 e. The van der Waals surface area contributed by atoms with Crippen LogP contribution < -0.4 is 4.74 Å². The van der Waals surface area contributed by atoms with Gasteiger partial charge < -0.3 is 4.74 Å². The van der Waals surface area contributed by atoms with Crippen LogP contribution in [-0.4, -0.2) is 17.1 Å². The third-order valence-electron chi connectivity index (χ3n) is 4.62. The van der Waals surface area contributed by atoms with E-state index >= 15 is 0 Å². The number of nitrogens with zero attached hydrogens (tertiary/aromatic N) is 3. The molecule has 0 radical (unpaired) electrons. The van der Waals surface area contributed by atoms with Crippen molar-refractivity contribution in [2.24, 2.45) is 0 Å². The van der Waals surface area contributed by atoms with Gasteiger partial charge in [0.05, 0.1) is 24.1 Å². The number of hydrogen-bond donors (Lipinski definition) is 0. The molecule has 1 atom stereocenters. The van der Waals surface area contributed by atoms with Gasteiger partial charge in [-0.2, -0.15) is 5.26 Å². The summed E-state index contributed by atoms with van der Waals surface area (Å²) in [7, 11) is 1.63. The van der Waals surface area contributed by atoms with Crippen LogP contribution in [-0.2, 0) is 18.3 Å². The van der Waals surface area contributed by atoms with E-state index in [2.05, 4.69) is 29.0 Å². The summed E-state index contributed by atoms with van der Waals surface area (Å²) >= 11 is 5.99. The molecule has 0 aliphatic carbocycles. The van der Waals surface area contributed by atoms with E-state index in [1.165, 1.54) is 0 Å². The van der Waals surface area contributed by atoms with Gasteiger partial charge in [-0.3, -0.25) is 0 Å². The summed E-state index contributed by atoms with van der Waals surface area (Å²) in [6.45, 7) is 3.98. The lowest BCUT2D eigenvalue weighted by Crippen LogP contribution is -2.23. The van der Waals surface area contributed by atoms with E-state index in [9.17, 15) is 5.26 Å². The second kappa shape index (κ2) is 7.31. The van der Waals surface area contributed by atoms with Crippen LogP contribution >= 0.6 is 11.6 Å². The molecule has 1 aromatic carbocycles. The Hall–Kier alpha value is -2.64. The van der Waals surface area contributed by atoms with Gasteiger partial charge in [0.2, 0.25) is 5.88 Å². The average Bonchev–Trinajstić information content (AvgIpc) is 2.66. The fourth-order valence-corrected chi connectivity index (χ4v) is 3.26. The normalized spacial score (nSPS) is 13.2. The van der Waals surface area contributed by atoms with Crippen molar-refractivity contribution in [1.82, 2.24) is 9.97 Å². The quantitative estimate of drug-likeness (QED) is 0.605. The highest BCUT2D eigenvalue weighted by Gasteiger charge is 2.28. The second-order valence-corrected chi connectivity index (χ2v) is 6.88. The molecule has 0 saturated heterocycles. The molecule has 0 N–H and O–H groups in total. The molecule has 132 valence electrons. The largest absolute Gasteiger partial charge is 0.481 e. The SMILES string of the molecule is CCc1cc2ccc(C(C)(C#N)Cc3cccc(Cl)n3)cc2nc1OC. The van der Waals surface area contributed by atoms with Crippen molar-refractivity contribution in [3.8, 4) is 11.9 Å². The Morgan fingerprint density at radius 2 is 2.00 bits per heavy atom. The van der Waals surface area contributed by atoms with Crippen LogP contribution in [0.2, 0.25) is 5.15 Å². The van der Waals surface area contributed by atoms with Crippen LogP contribution in [0.5, 0.6) is 5.88 Å². The number of halogens is 1. The van der Waals surface area contributed by atoms with Gasteiger partial charge in [-0.25, -0.2) is 9.97 Å². The van der Waals surface area contributed by atoms with Gasteiger partial charge in [0, 0.05) is 23.1 Å².